The van der Waals surface area contributed by atoms with E-state index in [1.807, 2.05) is 6.07 Å². The molecule has 29 heavy (non-hydrogen) atoms. The SMILES string of the molecule is O=[N+]([O-])C1=C2N(Cc3ccc(Cl)nc3)CCN2C2CCC1N2c1ccc(F)cc1. The van der Waals surface area contributed by atoms with Crippen LogP contribution in [0.1, 0.15) is 18.4 Å². The Bertz CT molecular complexity index is 981. The fraction of sp³-hybridized carbons (Fsp3) is 0.350. The van der Waals surface area contributed by atoms with Gasteiger partial charge in [0.15, 0.2) is 5.82 Å². The molecule has 1 aromatic heterocycles. The number of hydrogen-bond acceptors (Lipinski definition) is 6. The number of nitro groups is 1. The molecule has 2 atom stereocenters. The number of hydrogen-bond donors (Lipinski definition) is 0. The van der Waals surface area contributed by atoms with Crippen molar-refractivity contribution in [3.05, 3.63) is 80.8 Å². The first-order chi connectivity index (χ1) is 14.0. The first-order valence-corrected chi connectivity index (χ1v) is 9.95. The first kappa shape index (κ1) is 18.2. The van der Waals surface area contributed by atoms with Crippen LogP contribution in [0.3, 0.4) is 0 Å². The van der Waals surface area contributed by atoms with E-state index in [4.69, 9.17) is 11.6 Å². The third kappa shape index (κ3) is 2.98. The zero-order valence-electron chi connectivity index (χ0n) is 15.5. The van der Waals surface area contributed by atoms with Gasteiger partial charge < -0.3 is 14.7 Å². The Labute approximate surface area is 172 Å². The minimum Gasteiger partial charge on any atom is -0.347 e. The Morgan fingerprint density at radius 1 is 1.17 bits per heavy atom. The van der Waals surface area contributed by atoms with Gasteiger partial charge in [-0.15, -0.1) is 0 Å². The summed E-state index contributed by atoms with van der Waals surface area (Å²) in [5.41, 5.74) is 2.00. The summed E-state index contributed by atoms with van der Waals surface area (Å²) in [6, 6.07) is 9.52. The van der Waals surface area contributed by atoms with E-state index in [-0.39, 0.29) is 28.6 Å². The lowest BCUT2D eigenvalue weighted by atomic mass is 10.1. The molecule has 5 rings (SSSR count). The van der Waals surface area contributed by atoms with E-state index < -0.39 is 0 Å². The highest BCUT2D eigenvalue weighted by molar-refractivity contribution is 6.29. The average Bonchev–Trinajstić information content (AvgIpc) is 3.26. The van der Waals surface area contributed by atoms with Gasteiger partial charge in [0.05, 0.1) is 4.92 Å². The molecule has 2 aromatic rings. The van der Waals surface area contributed by atoms with Gasteiger partial charge in [0, 0.05) is 31.5 Å². The smallest absolute Gasteiger partial charge is 0.308 e. The summed E-state index contributed by atoms with van der Waals surface area (Å²) in [4.78, 5) is 22.3. The van der Waals surface area contributed by atoms with Crippen molar-refractivity contribution in [2.75, 3.05) is 18.0 Å². The summed E-state index contributed by atoms with van der Waals surface area (Å²) in [5, 5.41) is 12.6. The van der Waals surface area contributed by atoms with Crippen molar-refractivity contribution in [1.29, 1.82) is 0 Å². The van der Waals surface area contributed by atoms with E-state index in [2.05, 4.69) is 19.7 Å². The monoisotopic (exact) mass is 415 g/mol. The summed E-state index contributed by atoms with van der Waals surface area (Å²) in [7, 11) is 0. The van der Waals surface area contributed by atoms with Crippen molar-refractivity contribution in [1.82, 2.24) is 14.8 Å². The lowest BCUT2D eigenvalue weighted by Crippen LogP contribution is -2.53. The van der Waals surface area contributed by atoms with Crippen molar-refractivity contribution in [3.8, 4) is 0 Å². The molecule has 2 fully saturated rings. The number of nitrogens with zero attached hydrogens (tertiary/aromatic N) is 5. The van der Waals surface area contributed by atoms with Gasteiger partial charge in [0.2, 0.25) is 0 Å². The highest BCUT2D eigenvalue weighted by Gasteiger charge is 2.54. The molecule has 150 valence electrons. The maximum atomic E-state index is 13.4. The molecule has 7 nitrogen and oxygen atoms in total. The zero-order valence-corrected chi connectivity index (χ0v) is 16.3. The van der Waals surface area contributed by atoms with Crippen LogP contribution >= 0.6 is 11.6 Å². The van der Waals surface area contributed by atoms with Crippen LogP contribution in [-0.2, 0) is 6.54 Å². The van der Waals surface area contributed by atoms with E-state index in [9.17, 15) is 14.5 Å². The zero-order chi connectivity index (χ0) is 20.1. The minimum absolute atomic E-state index is 0.0394. The molecule has 2 saturated heterocycles. The van der Waals surface area contributed by atoms with Crippen LogP contribution in [0, 0.1) is 15.9 Å². The molecule has 0 amide bonds. The van der Waals surface area contributed by atoms with E-state index >= 15 is 0 Å². The molecule has 2 bridgehead atoms. The number of pyridine rings is 1. The van der Waals surface area contributed by atoms with Crippen molar-refractivity contribution >= 4 is 17.3 Å². The second-order valence-electron chi connectivity index (χ2n) is 7.53. The highest BCUT2D eigenvalue weighted by Crippen LogP contribution is 2.45. The molecule has 0 radical (unpaired) electrons. The van der Waals surface area contributed by atoms with Crippen LogP contribution in [0.4, 0.5) is 10.1 Å². The molecular formula is C20H19ClFN5O2. The molecule has 4 heterocycles. The van der Waals surface area contributed by atoms with Gasteiger partial charge in [-0.1, -0.05) is 17.7 Å². The predicted molar refractivity (Wildman–Crippen MR) is 106 cm³/mol. The summed E-state index contributed by atoms with van der Waals surface area (Å²) in [6.45, 7) is 1.96. The van der Waals surface area contributed by atoms with Crippen LogP contribution in [0.25, 0.3) is 0 Å². The Balaban J connectivity index is 1.53. The van der Waals surface area contributed by atoms with Crippen molar-refractivity contribution in [2.45, 2.75) is 31.6 Å². The number of rotatable bonds is 4. The topological polar surface area (TPSA) is 65.8 Å². The highest BCUT2D eigenvalue weighted by atomic mass is 35.5. The fourth-order valence-electron chi connectivity index (χ4n) is 4.78. The summed E-state index contributed by atoms with van der Waals surface area (Å²) in [6.07, 6.45) is 3.28. The average molecular weight is 416 g/mol. The third-order valence-electron chi connectivity index (χ3n) is 5.93. The molecular weight excluding hydrogens is 397 g/mol. The lowest BCUT2D eigenvalue weighted by molar-refractivity contribution is -0.433. The molecule has 1 aromatic carbocycles. The third-order valence-corrected chi connectivity index (χ3v) is 6.15. The molecule has 3 aliphatic heterocycles. The Morgan fingerprint density at radius 3 is 2.66 bits per heavy atom. The Morgan fingerprint density at radius 2 is 1.97 bits per heavy atom. The largest absolute Gasteiger partial charge is 0.347 e. The second-order valence-corrected chi connectivity index (χ2v) is 7.91. The summed E-state index contributed by atoms with van der Waals surface area (Å²) >= 11 is 5.87. The Kier molecular flexibility index (Phi) is 4.31. The number of fused-ring (bicyclic) bond motifs is 4. The summed E-state index contributed by atoms with van der Waals surface area (Å²) in [5.74, 6) is 0.392. The summed E-state index contributed by atoms with van der Waals surface area (Å²) < 4.78 is 13.4. The van der Waals surface area contributed by atoms with E-state index in [0.29, 0.717) is 37.0 Å². The maximum absolute atomic E-state index is 13.4. The van der Waals surface area contributed by atoms with Gasteiger partial charge in [-0.2, -0.15) is 0 Å². The number of aromatic nitrogens is 1. The Hall–Kier alpha value is -2.87. The van der Waals surface area contributed by atoms with Gasteiger partial charge in [-0.05, 0) is 48.7 Å². The van der Waals surface area contributed by atoms with E-state index in [0.717, 1.165) is 17.7 Å². The molecule has 0 spiro atoms. The van der Waals surface area contributed by atoms with Crippen LogP contribution in [-0.4, -0.2) is 45.0 Å². The van der Waals surface area contributed by atoms with E-state index in [1.165, 1.54) is 12.1 Å². The van der Waals surface area contributed by atoms with Crippen LogP contribution in [0.15, 0.2) is 54.1 Å². The second kappa shape index (κ2) is 6.88. The molecule has 9 heteroatoms. The number of benzene rings is 1. The van der Waals surface area contributed by atoms with Crippen LogP contribution in [0.5, 0.6) is 0 Å². The normalized spacial score (nSPS) is 23.0. The van der Waals surface area contributed by atoms with Crippen molar-refractivity contribution in [3.63, 3.8) is 0 Å². The first-order valence-electron chi connectivity index (χ1n) is 9.57. The maximum Gasteiger partial charge on any atom is 0.308 e. The minimum atomic E-state index is -0.323. The lowest BCUT2D eigenvalue weighted by Gasteiger charge is -2.42. The van der Waals surface area contributed by atoms with Gasteiger partial charge in [0.25, 0.3) is 0 Å². The van der Waals surface area contributed by atoms with Gasteiger partial charge >= 0.3 is 5.70 Å². The van der Waals surface area contributed by atoms with Gasteiger partial charge in [-0.3, -0.25) is 10.1 Å². The van der Waals surface area contributed by atoms with Crippen LogP contribution < -0.4 is 4.90 Å². The predicted octanol–water partition coefficient (Wildman–Crippen LogP) is 3.45. The van der Waals surface area contributed by atoms with Gasteiger partial charge in [-0.25, -0.2) is 9.37 Å². The molecule has 3 aliphatic rings. The molecule has 0 aliphatic carbocycles. The standard InChI is InChI=1S/C20H19ClFN5O2/c21-17-7-1-13(11-23-17)12-24-9-10-25-18-8-6-16(19(20(24)25)27(28)29)26(18)15-4-2-14(22)3-5-15/h1-5,7,11,16,18H,6,8-10,12H2. The molecule has 0 N–H and O–H groups in total. The number of anilines is 1. The molecule has 2 unspecified atom stereocenters. The van der Waals surface area contributed by atoms with E-state index in [1.54, 1.807) is 24.4 Å². The number of halogens is 2. The van der Waals surface area contributed by atoms with Gasteiger partial charge in [0.1, 0.15) is 23.2 Å². The van der Waals surface area contributed by atoms with Crippen molar-refractivity contribution < 1.29 is 9.31 Å². The van der Waals surface area contributed by atoms with Crippen molar-refractivity contribution in [2.24, 2.45) is 0 Å². The molecule has 0 saturated carbocycles. The fourth-order valence-corrected chi connectivity index (χ4v) is 4.89. The van der Waals surface area contributed by atoms with Crippen LogP contribution in [0.2, 0.25) is 5.15 Å². The quantitative estimate of drug-likeness (QED) is 0.433.